The van der Waals surface area contributed by atoms with Crippen LogP contribution in [0.15, 0.2) is 61.1 Å². The number of nitrogens with zero attached hydrogens (tertiary/aromatic N) is 3. The number of piperidine rings is 1. The summed E-state index contributed by atoms with van der Waals surface area (Å²) in [5.74, 6) is 1.99. The molecule has 35 heavy (non-hydrogen) atoms. The van der Waals surface area contributed by atoms with Gasteiger partial charge in [0.1, 0.15) is 5.82 Å². The molecule has 1 saturated heterocycles. The Balaban J connectivity index is 1.15. The summed E-state index contributed by atoms with van der Waals surface area (Å²) in [6.07, 6.45) is 10.4. The van der Waals surface area contributed by atoms with E-state index in [0.717, 1.165) is 35.1 Å². The lowest BCUT2D eigenvalue weighted by Gasteiger charge is -2.35. The normalized spacial score (nSPS) is 21.5. The van der Waals surface area contributed by atoms with Crippen LogP contribution in [0.2, 0.25) is 0 Å². The first kappa shape index (κ1) is 22.2. The molecule has 6 rings (SSSR count). The highest BCUT2D eigenvalue weighted by Crippen LogP contribution is 2.38. The highest BCUT2D eigenvalue weighted by molar-refractivity contribution is 5.88. The lowest BCUT2D eigenvalue weighted by Crippen LogP contribution is -2.37. The van der Waals surface area contributed by atoms with Gasteiger partial charge in [-0.05, 0) is 93.9 Å². The Bertz CT molecular complexity index is 1300. The standard InChI is InChI=1S/C29H35N5O/c1-19(2)33-14-11-21(12-15-33)20-3-6-24(7-4-20)32-26-9-10-27(34-16-13-30-28(26)34)22-5-8-25-23(17-22)18-31-29(25)35/h3-8,13,16-19,21,26-27,31-32,35H,9-12,14-15H2,1-2H3. The van der Waals surface area contributed by atoms with E-state index in [9.17, 15) is 5.11 Å². The minimum Gasteiger partial charge on any atom is -0.494 e. The Labute approximate surface area is 207 Å². The lowest BCUT2D eigenvalue weighted by atomic mass is 9.89. The third-order valence-corrected chi connectivity index (χ3v) is 8.14. The van der Waals surface area contributed by atoms with Gasteiger partial charge in [-0.1, -0.05) is 18.2 Å². The predicted molar refractivity (Wildman–Crippen MR) is 141 cm³/mol. The summed E-state index contributed by atoms with van der Waals surface area (Å²) in [6, 6.07) is 16.5. The van der Waals surface area contributed by atoms with Crippen LogP contribution < -0.4 is 5.32 Å². The molecule has 2 aromatic heterocycles. The molecule has 0 aliphatic carbocycles. The smallest absolute Gasteiger partial charge is 0.196 e. The van der Waals surface area contributed by atoms with Crippen molar-refractivity contribution in [2.24, 2.45) is 0 Å². The van der Waals surface area contributed by atoms with Crippen LogP contribution in [0.25, 0.3) is 10.8 Å². The number of fused-ring (bicyclic) bond motifs is 2. The van der Waals surface area contributed by atoms with Gasteiger partial charge < -0.3 is 24.9 Å². The third-order valence-electron chi connectivity index (χ3n) is 8.14. The lowest BCUT2D eigenvalue weighted by molar-refractivity contribution is 0.172. The molecule has 4 aromatic rings. The van der Waals surface area contributed by atoms with E-state index >= 15 is 0 Å². The molecule has 1 fully saturated rings. The maximum absolute atomic E-state index is 9.95. The quantitative estimate of drug-likeness (QED) is 0.326. The van der Waals surface area contributed by atoms with Crippen LogP contribution in [0, 0.1) is 0 Å². The molecule has 2 aliphatic heterocycles. The largest absolute Gasteiger partial charge is 0.494 e. The van der Waals surface area contributed by atoms with E-state index in [0.29, 0.717) is 12.0 Å². The van der Waals surface area contributed by atoms with Gasteiger partial charge in [0, 0.05) is 41.1 Å². The first-order valence-corrected chi connectivity index (χ1v) is 13.0. The molecule has 0 amide bonds. The number of aromatic hydroxyl groups is 1. The molecule has 6 nitrogen and oxygen atoms in total. The second-order valence-corrected chi connectivity index (χ2v) is 10.5. The fraction of sp³-hybridized carbons (Fsp3) is 0.414. The van der Waals surface area contributed by atoms with E-state index < -0.39 is 0 Å². The minimum atomic E-state index is 0.196. The van der Waals surface area contributed by atoms with Gasteiger partial charge in [0.25, 0.3) is 0 Å². The fourth-order valence-electron chi connectivity index (χ4n) is 6.06. The SMILES string of the molecule is CC(C)N1CCC(c2ccc(NC3CCC(c4ccc5c(O)[nH]cc5c4)n4ccnc43)cc2)CC1. The van der Waals surface area contributed by atoms with E-state index in [2.05, 4.69) is 76.2 Å². The topological polar surface area (TPSA) is 69.1 Å². The Kier molecular flexibility index (Phi) is 5.77. The van der Waals surface area contributed by atoms with Crippen LogP contribution in [0.4, 0.5) is 5.69 Å². The molecule has 2 unspecified atom stereocenters. The number of anilines is 1. The third kappa shape index (κ3) is 4.20. The summed E-state index contributed by atoms with van der Waals surface area (Å²) in [5, 5.41) is 15.6. The second kappa shape index (κ2) is 9.08. The summed E-state index contributed by atoms with van der Waals surface area (Å²) in [4.78, 5) is 10.2. The average molecular weight is 470 g/mol. The van der Waals surface area contributed by atoms with E-state index in [1.165, 1.54) is 37.1 Å². The summed E-state index contributed by atoms with van der Waals surface area (Å²) >= 11 is 0. The maximum atomic E-state index is 9.95. The Morgan fingerprint density at radius 2 is 1.77 bits per heavy atom. The number of rotatable bonds is 5. The van der Waals surface area contributed by atoms with Gasteiger partial charge in [-0.25, -0.2) is 4.98 Å². The maximum Gasteiger partial charge on any atom is 0.196 e. The predicted octanol–water partition coefficient (Wildman–Crippen LogP) is 6.19. The molecule has 0 saturated carbocycles. The summed E-state index contributed by atoms with van der Waals surface area (Å²) < 4.78 is 2.31. The number of aromatic nitrogens is 3. The van der Waals surface area contributed by atoms with Gasteiger partial charge in [-0.3, -0.25) is 0 Å². The molecule has 2 aliphatic rings. The van der Waals surface area contributed by atoms with Gasteiger partial charge >= 0.3 is 0 Å². The minimum absolute atomic E-state index is 0.196. The van der Waals surface area contributed by atoms with Crippen molar-refractivity contribution in [3.8, 4) is 5.88 Å². The Morgan fingerprint density at radius 1 is 1.00 bits per heavy atom. The molecule has 0 spiro atoms. The number of nitrogens with one attached hydrogen (secondary N) is 2. The molecular formula is C29H35N5O. The van der Waals surface area contributed by atoms with Gasteiger partial charge in [-0.15, -0.1) is 0 Å². The van der Waals surface area contributed by atoms with Crippen LogP contribution in [0.1, 0.15) is 74.5 Å². The number of hydrogen-bond acceptors (Lipinski definition) is 4. The van der Waals surface area contributed by atoms with Gasteiger partial charge in [0.2, 0.25) is 0 Å². The van der Waals surface area contributed by atoms with Crippen molar-refractivity contribution in [2.45, 2.75) is 63.6 Å². The van der Waals surface area contributed by atoms with E-state index in [4.69, 9.17) is 4.98 Å². The second-order valence-electron chi connectivity index (χ2n) is 10.5. The van der Waals surface area contributed by atoms with E-state index in [-0.39, 0.29) is 18.0 Å². The Morgan fingerprint density at radius 3 is 2.54 bits per heavy atom. The van der Waals surface area contributed by atoms with Crippen molar-refractivity contribution in [1.82, 2.24) is 19.4 Å². The fourth-order valence-corrected chi connectivity index (χ4v) is 6.06. The highest BCUT2D eigenvalue weighted by atomic mass is 16.3. The molecule has 0 bridgehead atoms. The number of H-pyrrole nitrogens is 1. The number of imidazole rings is 1. The van der Waals surface area contributed by atoms with Crippen LogP contribution in [0.5, 0.6) is 5.88 Å². The molecule has 0 radical (unpaired) electrons. The molecule has 4 heterocycles. The van der Waals surface area contributed by atoms with Gasteiger partial charge in [0.05, 0.1) is 12.1 Å². The zero-order valence-electron chi connectivity index (χ0n) is 20.6. The Hall–Kier alpha value is -3.25. The molecule has 182 valence electrons. The van der Waals surface area contributed by atoms with Crippen LogP contribution in [-0.4, -0.2) is 43.7 Å². The molecular weight excluding hydrogens is 434 g/mol. The zero-order chi connectivity index (χ0) is 23.9. The summed E-state index contributed by atoms with van der Waals surface area (Å²) in [5.41, 5.74) is 3.88. The summed E-state index contributed by atoms with van der Waals surface area (Å²) in [6.45, 7) is 7.00. The number of benzene rings is 2. The van der Waals surface area contributed by atoms with Crippen molar-refractivity contribution in [2.75, 3.05) is 18.4 Å². The first-order valence-electron chi connectivity index (χ1n) is 13.0. The van der Waals surface area contributed by atoms with Crippen molar-refractivity contribution in [3.05, 3.63) is 78.0 Å². The van der Waals surface area contributed by atoms with Gasteiger partial charge in [0.15, 0.2) is 5.88 Å². The molecule has 3 N–H and O–H groups in total. The monoisotopic (exact) mass is 469 g/mol. The van der Waals surface area contributed by atoms with E-state index in [1.54, 1.807) is 0 Å². The van der Waals surface area contributed by atoms with E-state index in [1.807, 2.05) is 18.5 Å². The summed E-state index contributed by atoms with van der Waals surface area (Å²) in [7, 11) is 0. The van der Waals surface area contributed by atoms with Crippen molar-refractivity contribution in [3.63, 3.8) is 0 Å². The molecule has 2 aromatic carbocycles. The average Bonchev–Trinajstić information content (AvgIpc) is 3.52. The molecule has 2 atom stereocenters. The number of hydrogen-bond donors (Lipinski definition) is 3. The number of aromatic amines is 1. The zero-order valence-corrected chi connectivity index (χ0v) is 20.6. The van der Waals surface area contributed by atoms with Crippen LogP contribution in [0.3, 0.4) is 0 Å². The van der Waals surface area contributed by atoms with Gasteiger partial charge in [-0.2, -0.15) is 0 Å². The highest BCUT2D eigenvalue weighted by Gasteiger charge is 2.29. The van der Waals surface area contributed by atoms with Crippen LogP contribution in [-0.2, 0) is 0 Å². The van der Waals surface area contributed by atoms with Crippen molar-refractivity contribution in [1.29, 1.82) is 0 Å². The van der Waals surface area contributed by atoms with Crippen molar-refractivity contribution >= 4 is 16.5 Å². The first-order chi connectivity index (χ1) is 17.1. The van der Waals surface area contributed by atoms with Crippen molar-refractivity contribution < 1.29 is 5.11 Å². The molecule has 6 heteroatoms. The number of likely N-dealkylation sites (tertiary alicyclic amines) is 1. The van der Waals surface area contributed by atoms with Crippen LogP contribution >= 0.6 is 0 Å².